The molecule has 0 radical (unpaired) electrons. The molecule has 0 spiro atoms. The lowest BCUT2D eigenvalue weighted by molar-refractivity contribution is 0.171. The maximum atomic E-state index is 13.5. The van der Waals surface area contributed by atoms with Crippen LogP contribution in [0.1, 0.15) is 12.0 Å². The molecule has 1 fully saturated rings. The van der Waals surface area contributed by atoms with Crippen LogP contribution in [0, 0.1) is 18.6 Å². The molecule has 0 aliphatic carbocycles. The molecule has 1 unspecified atom stereocenters. The molecule has 0 saturated carbocycles. The maximum absolute atomic E-state index is 13.5. The number of aliphatic hydroxyl groups excluding tert-OH is 1. The molecule has 9 heteroatoms. The Balaban J connectivity index is 1.52. The minimum Gasteiger partial charge on any atom is -0.396 e. The molecule has 0 amide bonds. The topological polar surface area (TPSA) is 69.5 Å². The quantitative estimate of drug-likeness (QED) is 0.629. The fourth-order valence-corrected chi connectivity index (χ4v) is 3.90. The number of rotatable bonds is 6. The fourth-order valence-electron chi connectivity index (χ4n) is 3.90. The van der Waals surface area contributed by atoms with Crippen LogP contribution in [0.2, 0.25) is 0 Å². The summed E-state index contributed by atoms with van der Waals surface area (Å²) < 4.78 is 28.3. The van der Waals surface area contributed by atoms with Crippen molar-refractivity contribution in [3.8, 4) is 5.69 Å². The third-order valence-corrected chi connectivity index (χ3v) is 5.53. The molecule has 31 heavy (non-hydrogen) atoms. The Morgan fingerprint density at radius 1 is 1.06 bits per heavy atom. The van der Waals surface area contributed by atoms with Crippen LogP contribution < -0.4 is 10.2 Å². The summed E-state index contributed by atoms with van der Waals surface area (Å²) >= 11 is 0. The first kappa shape index (κ1) is 21.2. The van der Waals surface area contributed by atoms with Crippen molar-refractivity contribution in [2.75, 3.05) is 43.5 Å². The zero-order chi connectivity index (χ0) is 22.0. The number of benzene rings is 2. The lowest BCUT2D eigenvalue weighted by Gasteiger charge is -2.40. The van der Waals surface area contributed by atoms with Gasteiger partial charge >= 0.3 is 0 Å². The van der Waals surface area contributed by atoms with E-state index in [-0.39, 0.29) is 12.3 Å². The third-order valence-electron chi connectivity index (χ3n) is 5.53. The van der Waals surface area contributed by atoms with Gasteiger partial charge in [-0.3, -0.25) is 4.90 Å². The number of aryl methyl sites for hydroxylation is 1. The lowest BCUT2D eigenvalue weighted by Crippen LogP contribution is -2.51. The Hall–Kier alpha value is -3.04. The Bertz CT molecular complexity index is 1040. The third kappa shape index (κ3) is 5.00. The molecule has 1 saturated heterocycles. The number of aliphatic hydroxyl groups is 1. The Kier molecular flexibility index (Phi) is 6.15. The molecule has 1 aliphatic rings. The molecule has 0 bridgehead atoms. The highest BCUT2D eigenvalue weighted by Gasteiger charge is 2.24. The van der Waals surface area contributed by atoms with Gasteiger partial charge in [-0.1, -0.05) is 0 Å². The number of piperazine rings is 1. The molecular weight excluding hydrogens is 402 g/mol. The van der Waals surface area contributed by atoms with E-state index in [0.717, 1.165) is 49.1 Å². The number of likely N-dealkylation sites (N-methyl/N-ethyl adjacent to an activating group) is 1. The monoisotopic (exact) mass is 428 g/mol. The predicted octanol–water partition coefficient (Wildman–Crippen LogP) is 3.10. The number of anilines is 3. The fraction of sp³-hybridized carbons (Fsp3) is 0.364. The first-order chi connectivity index (χ1) is 14.9. The van der Waals surface area contributed by atoms with Crippen molar-refractivity contribution in [3.05, 3.63) is 59.9 Å². The summed E-state index contributed by atoms with van der Waals surface area (Å²) in [6, 6.07) is 9.68. The van der Waals surface area contributed by atoms with Crippen LogP contribution in [0.25, 0.3) is 5.69 Å². The van der Waals surface area contributed by atoms with Crippen molar-refractivity contribution in [1.29, 1.82) is 0 Å². The predicted molar refractivity (Wildman–Crippen MR) is 116 cm³/mol. The van der Waals surface area contributed by atoms with Crippen LogP contribution in [0.15, 0.2) is 42.7 Å². The zero-order valence-corrected chi connectivity index (χ0v) is 17.6. The number of hydrogen-bond acceptors (Lipinski definition) is 6. The van der Waals surface area contributed by atoms with E-state index in [9.17, 15) is 13.9 Å². The van der Waals surface area contributed by atoms with Crippen molar-refractivity contribution >= 4 is 17.3 Å². The maximum Gasteiger partial charge on any atom is 0.246 e. The molecule has 4 rings (SSSR count). The average Bonchev–Trinajstić information content (AvgIpc) is 3.17. The molecular formula is C22H26F2N6O. The van der Waals surface area contributed by atoms with Gasteiger partial charge in [0.05, 0.1) is 5.69 Å². The van der Waals surface area contributed by atoms with E-state index in [2.05, 4.69) is 38.3 Å². The number of nitrogens with one attached hydrogen (secondary N) is 1. The summed E-state index contributed by atoms with van der Waals surface area (Å²) in [6.07, 6.45) is 2.15. The minimum absolute atomic E-state index is 0.174. The van der Waals surface area contributed by atoms with Crippen molar-refractivity contribution < 1.29 is 13.9 Å². The average molecular weight is 428 g/mol. The van der Waals surface area contributed by atoms with E-state index in [4.69, 9.17) is 0 Å². The summed E-state index contributed by atoms with van der Waals surface area (Å²) in [7, 11) is 2.09. The van der Waals surface area contributed by atoms with Crippen LogP contribution in [-0.4, -0.2) is 64.1 Å². The smallest absolute Gasteiger partial charge is 0.246 e. The molecule has 2 N–H and O–H groups in total. The van der Waals surface area contributed by atoms with Gasteiger partial charge in [-0.15, -0.1) is 5.10 Å². The number of hydrogen-bond donors (Lipinski definition) is 2. The number of nitrogens with zero attached hydrogens (tertiary/aromatic N) is 5. The summed E-state index contributed by atoms with van der Waals surface area (Å²) in [5, 5.41) is 16.8. The standard InChI is InChI=1S/C22H26F2N6O/c1-15-7-18(12-20(8-15)29-5-4-28(2)19(13-29)3-6-31)26-22-25-14-30(27-22)21-10-16(23)9-17(24)11-21/h7-12,14,19,31H,3-6,13H2,1-2H3,(H,26,27). The molecule has 7 nitrogen and oxygen atoms in total. The largest absolute Gasteiger partial charge is 0.396 e. The highest BCUT2D eigenvalue weighted by atomic mass is 19.1. The minimum atomic E-state index is -0.671. The van der Waals surface area contributed by atoms with Gasteiger partial charge in [-0.2, -0.15) is 4.98 Å². The second-order valence-electron chi connectivity index (χ2n) is 7.92. The number of halogens is 2. The molecule has 1 aromatic heterocycles. The van der Waals surface area contributed by atoms with Crippen LogP contribution in [0.4, 0.5) is 26.1 Å². The normalized spacial score (nSPS) is 17.2. The van der Waals surface area contributed by atoms with E-state index < -0.39 is 11.6 Å². The highest BCUT2D eigenvalue weighted by Crippen LogP contribution is 2.26. The molecule has 1 atom stereocenters. The molecule has 1 aliphatic heterocycles. The van der Waals surface area contributed by atoms with Crippen LogP contribution in [-0.2, 0) is 0 Å². The summed E-state index contributed by atoms with van der Waals surface area (Å²) in [5.41, 5.74) is 3.26. The molecule has 3 aromatic rings. The lowest BCUT2D eigenvalue weighted by atomic mass is 10.1. The second-order valence-corrected chi connectivity index (χ2v) is 7.92. The number of aromatic nitrogens is 3. The van der Waals surface area contributed by atoms with E-state index in [1.54, 1.807) is 0 Å². The van der Waals surface area contributed by atoms with Gasteiger partial charge < -0.3 is 15.3 Å². The first-order valence-corrected chi connectivity index (χ1v) is 10.2. The highest BCUT2D eigenvalue weighted by molar-refractivity contribution is 5.64. The van der Waals surface area contributed by atoms with Gasteiger partial charge in [0.15, 0.2) is 0 Å². The van der Waals surface area contributed by atoms with Gasteiger partial charge in [0.25, 0.3) is 0 Å². The van der Waals surface area contributed by atoms with Crippen molar-refractivity contribution in [1.82, 2.24) is 19.7 Å². The van der Waals surface area contributed by atoms with Crippen molar-refractivity contribution in [2.45, 2.75) is 19.4 Å². The Labute approximate surface area is 179 Å². The Morgan fingerprint density at radius 3 is 2.58 bits per heavy atom. The summed E-state index contributed by atoms with van der Waals surface area (Å²) in [5.74, 6) is -1.01. The zero-order valence-electron chi connectivity index (χ0n) is 17.6. The van der Waals surface area contributed by atoms with Crippen LogP contribution in [0.3, 0.4) is 0 Å². The van der Waals surface area contributed by atoms with Gasteiger partial charge in [0.1, 0.15) is 18.0 Å². The van der Waals surface area contributed by atoms with E-state index in [1.807, 2.05) is 19.1 Å². The molecule has 2 heterocycles. The summed E-state index contributed by atoms with van der Waals surface area (Å²) in [6.45, 7) is 4.87. The van der Waals surface area contributed by atoms with Gasteiger partial charge in [0, 0.05) is 49.7 Å². The van der Waals surface area contributed by atoms with Gasteiger partial charge in [-0.05, 0) is 56.3 Å². The van der Waals surface area contributed by atoms with Gasteiger partial charge in [-0.25, -0.2) is 13.5 Å². The van der Waals surface area contributed by atoms with Crippen LogP contribution >= 0.6 is 0 Å². The SMILES string of the molecule is Cc1cc(Nc2ncn(-c3cc(F)cc(F)c3)n2)cc(N2CCN(C)C(CCO)C2)c1. The van der Waals surface area contributed by atoms with E-state index in [0.29, 0.717) is 12.0 Å². The van der Waals surface area contributed by atoms with E-state index >= 15 is 0 Å². The van der Waals surface area contributed by atoms with Gasteiger partial charge in [0.2, 0.25) is 5.95 Å². The van der Waals surface area contributed by atoms with Crippen LogP contribution in [0.5, 0.6) is 0 Å². The molecule has 2 aromatic carbocycles. The van der Waals surface area contributed by atoms with E-state index in [1.165, 1.54) is 23.1 Å². The van der Waals surface area contributed by atoms with Crippen molar-refractivity contribution in [3.63, 3.8) is 0 Å². The summed E-state index contributed by atoms with van der Waals surface area (Å²) in [4.78, 5) is 8.82. The first-order valence-electron chi connectivity index (χ1n) is 10.2. The second kappa shape index (κ2) is 8.99. The Morgan fingerprint density at radius 2 is 1.84 bits per heavy atom. The molecule has 164 valence electrons. The van der Waals surface area contributed by atoms with Crippen molar-refractivity contribution in [2.24, 2.45) is 0 Å².